The zero-order chi connectivity index (χ0) is 18.4. The lowest BCUT2D eigenvalue weighted by molar-refractivity contribution is 0.289. The van der Waals surface area contributed by atoms with Gasteiger partial charge in [0.1, 0.15) is 5.82 Å². The Morgan fingerprint density at radius 3 is 2.20 bits per heavy atom. The second-order valence-electron chi connectivity index (χ2n) is 5.95. The minimum Gasteiger partial charge on any atom is -0.490 e. The van der Waals surface area contributed by atoms with Crippen LogP contribution in [0.25, 0.3) is 11.1 Å². The molecule has 2 aromatic rings. The van der Waals surface area contributed by atoms with Crippen LogP contribution in [0, 0.1) is 17.5 Å². The van der Waals surface area contributed by atoms with Crippen LogP contribution in [0.2, 0.25) is 5.02 Å². The highest BCUT2D eigenvalue weighted by atomic mass is 35.5. The van der Waals surface area contributed by atoms with E-state index in [2.05, 4.69) is 0 Å². The van der Waals surface area contributed by atoms with Crippen molar-refractivity contribution in [2.24, 2.45) is 0 Å². The van der Waals surface area contributed by atoms with E-state index in [0.29, 0.717) is 18.6 Å². The SMILES string of the molecule is CCCCOc1ccc(-c2ccc(CCCC)c(F)c2Cl)c(F)c1F. The Bertz CT molecular complexity index is 731. The largest absolute Gasteiger partial charge is 0.490 e. The number of unbranched alkanes of at least 4 members (excludes halogenated alkanes) is 2. The number of hydrogen-bond donors (Lipinski definition) is 0. The molecule has 0 radical (unpaired) electrons. The summed E-state index contributed by atoms with van der Waals surface area (Å²) in [6.45, 7) is 4.30. The molecule has 0 aliphatic heterocycles. The minimum atomic E-state index is -1.09. The average Bonchev–Trinajstić information content (AvgIpc) is 2.61. The summed E-state index contributed by atoms with van der Waals surface area (Å²) < 4.78 is 48.3. The fraction of sp³-hybridized carbons (Fsp3) is 0.400. The molecule has 0 aliphatic carbocycles. The van der Waals surface area contributed by atoms with Crippen molar-refractivity contribution in [2.75, 3.05) is 6.61 Å². The summed E-state index contributed by atoms with van der Waals surface area (Å²) >= 11 is 6.08. The second kappa shape index (κ2) is 9.14. The van der Waals surface area contributed by atoms with Gasteiger partial charge in [-0.3, -0.25) is 0 Å². The molecule has 0 aromatic heterocycles. The van der Waals surface area contributed by atoms with Crippen LogP contribution in [-0.4, -0.2) is 6.61 Å². The van der Waals surface area contributed by atoms with Gasteiger partial charge in [-0.2, -0.15) is 4.39 Å². The Balaban J connectivity index is 2.35. The Morgan fingerprint density at radius 1 is 0.840 bits per heavy atom. The smallest absolute Gasteiger partial charge is 0.201 e. The van der Waals surface area contributed by atoms with Gasteiger partial charge in [-0.05, 0) is 37.0 Å². The lowest BCUT2D eigenvalue weighted by Crippen LogP contribution is -2.02. The molecule has 25 heavy (non-hydrogen) atoms. The molecule has 0 fully saturated rings. The van der Waals surface area contributed by atoms with Crippen molar-refractivity contribution in [1.29, 1.82) is 0 Å². The summed E-state index contributed by atoms with van der Waals surface area (Å²) in [7, 11) is 0. The van der Waals surface area contributed by atoms with Crippen molar-refractivity contribution >= 4 is 11.6 Å². The highest BCUT2D eigenvalue weighted by molar-refractivity contribution is 6.33. The standard InChI is InChI=1S/C20H22ClF3O/c1-3-5-7-13-8-9-14(17(21)18(13)22)15-10-11-16(20(24)19(15)23)25-12-6-4-2/h8-11H,3-7,12H2,1-2H3. The Labute approximate surface area is 151 Å². The molecule has 1 nitrogen and oxygen atoms in total. The molecule has 2 rings (SSSR count). The highest BCUT2D eigenvalue weighted by Crippen LogP contribution is 2.36. The van der Waals surface area contributed by atoms with Crippen LogP contribution in [0.15, 0.2) is 24.3 Å². The molecule has 0 bridgehead atoms. The maximum atomic E-state index is 14.4. The van der Waals surface area contributed by atoms with Crippen molar-refractivity contribution < 1.29 is 17.9 Å². The molecule has 5 heteroatoms. The molecule has 0 aliphatic rings. The van der Waals surface area contributed by atoms with Gasteiger partial charge in [-0.25, -0.2) is 8.78 Å². The molecule has 0 N–H and O–H groups in total. The molecule has 0 amide bonds. The summed E-state index contributed by atoms with van der Waals surface area (Å²) in [6, 6.07) is 5.83. The van der Waals surface area contributed by atoms with Gasteiger partial charge in [-0.15, -0.1) is 0 Å². The topological polar surface area (TPSA) is 9.23 Å². The Hall–Kier alpha value is -1.68. The first-order valence-electron chi connectivity index (χ1n) is 8.59. The first-order chi connectivity index (χ1) is 12.0. The van der Waals surface area contributed by atoms with E-state index in [4.69, 9.17) is 16.3 Å². The van der Waals surface area contributed by atoms with E-state index in [0.717, 1.165) is 25.7 Å². The molecule has 0 saturated carbocycles. The van der Waals surface area contributed by atoms with Crippen LogP contribution in [0.5, 0.6) is 5.75 Å². The summed E-state index contributed by atoms with van der Waals surface area (Å²) in [5.41, 5.74) is 0.540. The molecular weight excluding hydrogens is 349 g/mol. The van der Waals surface area contributed by atoms with Gasteiger partial charge in [0.25, 0.3) is 0 Å². The lowest BCUT2D eigenvalue weighted by Gasteiger charge is -2.13. The van der Waals surface area contributed by atoms with Crippen LogP contribution >= 0.6 is 11.6 Å². The van der Waals surface area contributed by atoms with E-state index >= 15 is 0 Å². The fourth-order valence-corrected chi connectivity index (χ4v) is 2.82. The van der Waals surface area contributed by atoms with Crippen LogP contribution in [0.1, 0.15) is 45.1 Å². The first kappa shape index (κ1) is 19.6. The molecule has 0 unspecified atom stereocenters. The van der Waals surface area contributed by atoms with E-state index < -0.39 is 17.5 Å². The number of hydrogen-bond acceptors (Lipinski definition) is 1. The summed E-state index contributed by atoms with van der Waals surface area (Å²) in [4.78, 5) is 0. The van der Waals surface area contributed by atoms with Crippen LogP contribution in [0.4, 0.5) is 13.2 Å². The fourth-order valence-electron chi connectivity index (χ4n) is 2.54. The zero-order valence-electron chi connectivity index (χ0n) is 14.5. The van der Waals surface area contributed by atoms with Gasteiger partial charge in [0.15, 0.2) is 11.6 Å². The maximum Gasteiger partial charge on any atom is 0.201 e. The van der Waals surface area contributed by atoms with Crippen LogP contribution < -0.4 is 4.74 Å². The van der Waals surface area contributed by atoms with Gasteiger partial charge in [0, 0.05) is 11.1 Å². The van der Waals surface area contributed by atoms with E-state index in [-0.39, 0.29) is 21.9 Å². The third-order valence-electron chi connectivity index (χ3n) is 4.05. The van der Waals surface area contributed by atoms with E-state index in [1.54, 1.807) is 6.07 Å². The Morgan fingerprint density at radius 2 is 1.52 bits per heavy atom. The molecule has 0 heterocycles. The molecule has 0 atom stereocenters. The van der Waals surface area contributed by atoms with Crippen LogP contribution in [0.3, 0.4) is 0 Å². The quantitative estimate of drug-likeness (QED) is 0.457. The minimum absolute atomic E-state index is 0.0775. The number of benzene rings is 2. The van der Waals surface area contributed by atoms with Crippen molar-refractivity contribution in [3.05, 3.63) is 52.3 Å². The summed E-state index contributed by atoms with van der Waals surface area (Å²) in [6.07, 6.45) is 3.96. The predicted octanol–water partition coefficient (Wildman–Crippen LogP) is 6.95. The average molecular weight is 371 g/mol. The van der Waals surface area contributed by atoms with Gasteiger partial charge >= 0.3 is 0 Å². The monoisotopic (exact) mass is 370 g/mol. The number of rotatable bonds is 8. The Kier molecular flexibility index (Phi) is 7.18. The summed E-state index contributed by atoms with van der Waals surface area (Å²) in [5, 5.41) is -0.188. The van der Waals surface area contributed by atoms with E-state index in [1.165, 1.54) is 18.2 Å². The third-order valence-corrected chi connectivity index (χ3v) is 4.42. The number of halogens is 4. The van der Waals surface area contributed by atoms with Gasteiger partial charge < -0.3 is 4.74 Å². The zero-order valence-corrected chi connectivity index (χ0v) is 15.2. The van der Waals surface area contributed by atoms with E-state index in [1.807, 2.05) is 13.8 Å². The molecule has 0 spiro atoms. The predicted molar refractivity (Wildman–Crippen MR) is 95.8 cm³/mol. The van der Waals surface area contributed by atoms with Crippen molar-refractivity contribution in [1.82, 2.24) is 0 Å². The van der Waals surface area contributed by atoms with Gasteiger partial charge in [-0.1, -0.05) is 50.4 Å². The number of aryl methyl sites for hydroxylation is 1. The number of ether oxygens (including phenoxy) is 1. The molecule has 0 saturated heterocycles. The van der Waals surface area contributed by atoms with Gasteiger partial charge in [0.2, 0.25) is 5.82 Å². The van der Waals surface area contributed by atoms with E-state index in [9.17, 15) is 13.2 Å². The first-order valence-corrected chi connectivity index (χ1v) is 8.97. The van der Waals surface area contributed by atoms with Crippen molar-refractivity contribution in [3.63, 3.8) is 0 Å². The summed E-state index contributed by atoms with van der Waals surface area (Å²) in [5.74, 6) is -2.89. The normalized spacial score (nSPS) is 11.0. The highest BCUT2D eigenvalue weighted by Gasteiger charge is 2.20. The maximum absolute atomic E-state index is 14.4. The molecule has 2 aromatic carbocycles. The lowest BCUT2D eigenvalue weighted by atomic mass is 10.00. The third kappa shape index (κ3) is 4.49. The molecular formula is C20H22ClF3O. The van der Waals surface area contributed by atoms with Crippen LogP contribution in [-0.2, 0) is 6.42 Å². The van der Waals surface area contributed by atoms with Crippen molar-refractivity contribution in [3.8, 4) is 16.9 Å². The van der Waals surface area contributed by atoms with Gasteiger partial charge in [0.05, 0.1) is 11.6 Å². The second-order valence-corrected chi connectivity index (χ2v) is 6.32. The van der Waals surface area contributed by atoms with Crippen molar-refractivity contribution in [2.45, 2.75) is 46.0 Å². The molecule has 136 valence electrons.